The fraction of sp³-hybridized carbons (Fsp3) is 0.0612. The first-order valence-electron chi connectivity index (χ1n) is 17.9. The van der Waals surface area contributed by atoms with E-state index in [-0.39, 0.29) is 5.41 Å². The number of fused-ring (bicyclic) bond motifs is 12. The van der Waals surface area contributed by atoms with Gasteiger partial charge in [0.05, 0.1) is 22.9 Å². The Morgan fingerprint density at radius 2 is 0.962 bits per heavy atom. The zero-order chi connectivity index (χ0) is 34.6. The highest BCUT2D eigenvalue weighted by atomic mass is 32.1. The maximum absolute atomic E-state index is 5.27. The summed E-state index contributed by atoms with van der Waals surface area (Å²) in [4.78, 5) is 10.3. The van der Waals surface area contributed by atoms with Gasteiger partial charge in [-0.05, 0) is 91.7 Å². The highest BCUT2D eigenvalue weighted by Crippen LogP contribution is 2.51. The summed E-state index contributed by atoms with van der Waals surface area (Å²) >= 11 is 1.87. The van der Waals surface area contributed by atoms with Gasteiger partial charge >= 0.3 is 0 Å². The van der Waals surface area contributed by atoms with E-state index in [9.17, 15) is 0 Å². The van der Waals surface area contributed by atoms with E-state index in [1.165, 1.54) is 75.5 Å². The molecule has 11 rings (SSSR count). The number of benzene rings is 8. The van der Waals surface area contributed by atoms with E-state index in [0.29, 0.717) is 0 Å². The third-order valence-electron chi connectivity index (χ3n) is 11.3. The summed E-state index contributed by atoms with van der Waals surface area (Å²) in [5.74, 6) is 0. The van der Waals surface area contributed by atoms with E-state index in [0.717, 1.165) is 33.1 Å². The van der Waals surface area contributed by atoms with Crippen molar-refractivity contribution in [2.45, 2.75) is 19.3 Å². The molecular weight excluding hydrogens is 649 g/mol. The van der Waals surface area contributed by atoms with E-state index in [2.05, 4.69) is 166 Å². The fourth-order valence-electron chi connectivity index (χ4n) is 8.62. The summed E-state index contributed by atoms with van der Waals surface area (Å²) in [5, 5.41) is 7.35. The molecule has 0 N–H and O–H groups in total. The van der Waals surface area contributed by atoms with Gasteiger partial charge < -0.3 is 0 Å². The van der Waals surface area contributed by atoms with Crippen molar-refractivity contribution in [1.82, 2.24) is 9.97 Å². The van der Waals surface area contributed by atoms with Crippen molar-refractivity contribution in [3.8, 4) is 44.6 Å². The van der Waals surface area contributed by atoms with E-state index < -0.39 is 0 Å². The summed E-state index contributed by atoms with van der Waals surface area (Å²) in [6, 6.07) is 55.5. The lowest BCUT2D eigenvalue weighted by molar-refractivity contribution is 0.661. The van der Waals surface area contributed by atoms with Gasteiger partial charge in [0.15, 0.2) is 0 Å². The quantitative estimate of drug-likeness (QED) is 0.174. The third kappa shape index (κ3) is 4.30. The predicted octanol–water partition coefficient (Wildman–Crippen LogP) is 13.6. The van der Waals surface area contributed by atoms with E-state index in [1.807, 2.05) is 17.5 Å². The van der Waals surface area contributed by atoms with Gasteiger partial charge in [-0.1, -0.05) is 129 Å². The average Bonchev–Trinajstić information content (AvgIpc) is 3.68. The van der Waals surface area contributed by atoms with Crippen molar-refractivity contribution in [1.29, 1.82) is 0 Å². The molecular formula is C49H32N2S. The molecule has 0 spiro atoms. The second-order valence-electron chi connectivity index (χ2n) is 14.6. The minimum atomic E-state index is -0.138. The van der Waals surface area contributed by atoms with Gasteiger partial charge in [0.2, 0.25) is 0 Å². The maximum Gasteiger partial charge on any atom is 0.0979 e. The molecule has 2 nitrogen and oxygen atoms in total. The lowest BCUT2D eigenvalue weighted by atomic mass is 9.80. The van der Waals surface area contributed by atoms with Gasteiger partial charge in [-0.3, -0.25) is 4.98 Å². The number of thiophene rings is 1. The molecule has 3 heteroatoms. The molecule has 1 aliphatic carbocycles. The molecule has 8 aromatic carbocycles. The molecule has 0 saturated heterocycles. The summed E-state index contributed by atoms with van der Waals surface area (Å²) in [5.41, 5.74) is 14.0. The number of aromatic nitrogens is 2. The Kier molecular flexibility index (Phi) is 6.21. The van der Waals surface area contributed by atoms with Crippen LogP contribution in [0.1, 0.15) is 25.0 Å². The molecule has 0 unspecified atom stereocenters. The molecule has 52 heavy (non-hydrogen) atoms. The first-order valence-corrected chi connectivity index (χ1v) is 18.7. The standard InChI is InChI=1S/C49H32N2S/c1-49(2)42-26-31(18-21-36(42)37-22-19-32(27-43(37)49)30-20-23-46-41(25-30)38-14-7-8-17-45(38)52-46)29-10-9-11-33(24-29)44-28-50-47-39-15-5-3-12-34(39)35-13-4-6-16-40(35)48(47)51-44/h3-28H,1-2H3. The van der Waals surface area contributed by atoms with Gasteiger partial charge in [-0.25, -0.2) is 4.98 Å². The Labute approximate surface area is 305 Å². The van der Waals surface area contributed by atoms with Crippen LogP contribution in [0.15, 0.2) is 158 Å². The smallest absolute Gasteiger partial charge is 0.0979 e. The SMILES string of the molecule is CC1(C)c2cc(-c3cccc(-c4cnc5c6ccccc6c6ccccc6c5n4)c3)ccc2-c2ccc(-c3ccc4sc5ccccc5c4c3)cc21. The number of rotatable bonds is 3. The zero-order valence-electron chi connectivity index (χ0n) is 28.8. The van der Waals surface area contributed by atoms with Crippen molar-refractivity contribution >= 4 is 64.1 Å². The highest BCUT2D eigenvalue weighted by Gasteiger charge is 2.36. The Hall–Kier alpha value is -6.16. The lowest BCUT2D eigenvalue weighted by Crippen LogP contribution is -2.15. The fourth-order valence-corrected chi connectivity index (χ4v) is 9.71. The summed E-state index contributed by atoms with van der Waals surface area (Å²) < 4.78 is 2.68. The lowest BCUT2D eigenvalue weighted by Gasteiger charge is -2.22. The molecule has 0 atom stereocenters. The largest absolute Gasteiger partial charge is 0.252 e. The van der Waals surface area contributed by atoms with Crippen molar-refractivity contribution in [2.24, 2.45) is 0 Å². The molecule has 2 heterocycles. The average molecular weight is 681 g/mol. The molecule has 0 fully saturated rings. The van der Waals surface area contributed by atoms with Crippen LogP contribution in [0, 0.1) is 0 Å². The molecule has 0 radical (unpaired) electrons. The van der Waals surface area contributed by atoms with Crippen molar-refractivity contribution < 1.29 is 0 Å². The minimum absolute atomic E-state index is 0.138. The molecule has 2 aromatic heterocycles. The molecule has 1 aliphatic rings. The van der Waals surface area contributed by atoms with Crippen LogP contribution < -0.4 is 0 Å². The van der Waals surface area contributed by atoms with Crippen molar-refractivity contribution in [3.05, 3.63) is 169 Å². The van der Waals surface area contributed by atoms with Crippen LogP contribution in [-0.4, -0.2) is 9.97 Å². The Bertz CT molecular complexity index is 3080. The Balaban J connectivity index is 0.972. The molecule has 10 aromatic rings. The monoisotopic (exact) mass is 680 g/mol. The summed E-state index contributed by atoms with van der Waals surface area (Å²) in [7, 11) is 0. The van der Waals surface area contributed by atoms with Crippen LogP contribution in [0.25, 0.3) is 97.4 Å². The van der Waals surface area contributed by atoms with E-state index in [4.69, 9.17) is 9.97 Å². The van der Waals surface area contributed by atoms with Gasteiger partial charge in [0.25, 0.3) is 0 Å². The van der Waals surface area contributed by atoms with Crippen LogP contribution >= 0.6 is 11.3 Å². The van der Waals surface area contributed by atoms with Crippen molar-refractivity contribution in [2.75, 3.05) is 0 Å². The van der Waals surface area contributed by atoms with Crippen LogP contribution in [0.2, 0.25) is 0 Å². The normalized spacial score (nSPS) is 13.3. The van der Waals surface area contributed by atoms with Crippen LogP contribution in [0.3, 0.4) is 0 Å². The first-order chi connectivity index (χ1) is 25.5. The number of hydrogen-bond acceptors (Lipinski definition) is 3. The maximum atomic E-state index is 5.27. The zero-order valence-corrected chi connectivity index (χ0v) is 29.6. The van der Waals surface area contributed by atoms with Crippen LogP contribution in [0.4, 0.5) is 0 Å². The number of hydrogen-bond donors (Lipinski definition) is 0. The second-order valence-corrected chi connectivity index (χ2v) is 15.7. The van der Waals surface area contributed by atoms with Crippen LogP contribution in [-0.2, 0) is 5.41 Å². The molecule has 0 bridgehead atoms. The summed E-state index contributed by atoms with van der Waals surface area (Å²) in [6.45, 7) is 4.74. The van der Waals surface area contributed by atoms with Gasteiger partial charge in [0, 0.05) is 41.9 Å². The minimum Gasteiger partial charge on any atom is -0.252 e. The third-order valence-corrected chi connectivity index (χ3v) is 12.5. The Morgan fingerprint density at radius 1 is 0.423 bits per heavy atom. The van der Waals surface area contributed by atoms with Gasteiger partial charge in [-0.2, -0.15) is 0 Å². The first kappa shape index (κ1) is 29.6. The van der Waals surface area contributed by atoms with Crippen molar-refractivity contribution in [3.63, 3.8) is 0 Å². The molecule has 0 aliphatic heterocycles. The molecule has 0 saturated carbocycles. The second kappa shape index (κ2) is 10.9. The Morgan fingerprint density at radius 3 is 1.67 bits per heavy atom. The predicted molar refractivity (Wildman–Crippen MR) is 221 cm³/mol. The van der Waals surface area contributed by atoms with E-state index >= 15 is 0 Å². The topological polar surface area (TPSA) is 25.8 Å². The van der Waals surface area contributed by atoms with Gasteiger partial charge in [-0.15, -0.1) is 11.3 Å². The molecule has 244 valence electrons. The number of nitrogens with zero attached hydrogens (tertiary/aromatic N) is 2. The van der Waals surface area contributed by atoms with Crippen LogP contribution in [0.5, 0.6) is 0 Å². The van der Waals surface area contributed by atoms with Gasteiger partial charge in [0.1, 0.15) is 0 Å². The molecule has 0 amide bonds. The summed E-state index contributed by atoms with van der Waals surface area (Å²) in [6.07, 6.45) is 1.93. The van der Waals surface area contributed by atoms with E-state index in [1.54, 1.807) is 0 Å². The highest BCUT2D eigenvalue weighted by molar-refractivity contribution is 7.25.